The summed E-state index contributed by atoms with van der Waals surface area (Å²) >= 11 is 1.48. The van der Waals surface area contributed by atoms with Crippen molar-refractivity contribution in [2.45, 2.75) is 58.4 Å². The number of rotatable bonds is 3. The summed E-state index contributed by atoms with van der Waals surface area (Å²) in [5.74, 6) is 0.214. The van der Waals surface area contributed by atoms with Crippen molar-refractivity contribution in [1.29, 1.82) is 0 Å². The zero-order valence-electron chi connectivity index (χ0n) is 15.3. The molecule has 1 amide bonds. The van der Waals surface area contributed by atoms with Gasteiger partial charge in [-0.15, -0.1) is 5.10 Å². The SMILES string of the molecule is CC(C)NC(=O)C1CCN(c2nn3c(=O)c4c(nc3s2)CCCC4)CC1. The molecule has 1 saturated heterocycles. The predicted molar refractivity (Wildman–Crippen MR) is 102 cm³/mol. The summed E-state index contributed by atoms with van der Waals surface area (Å²) in [5, 5.41) is 8.38. The fraction of sp³-hybridized carbons (Fsp3) is 0.667. The first-order valence-electron chi connectivity index (χ1n) is 9.50. The van der Waals surface area contributed by atoms with Crippen molar-refractivity contribution in [3.63, 3.8) is 0 Å². The van der Waals surface area contributed by atoms with Crippen LogP contribution in [0.4, 0.5) is 5.13 Å². The van der Waals surface area contributed by atoms with E-state index in [1.54, 1.807) is 0 Å². The van der Waals surface area contributed by atoms with Crippen LogP contribution in [0.3, 0.4) is 0 Å². The van der Waals surface area contributed by atoms with Gasteiger partial charge >= 0.3 is 0 Å². The summed E-state index contributed by atoms with van der Waals surface area (Å²) in [6.45, 7) is 5.53. The number of hydrogen-bond donors (Lipinski definition) is 1. The summed E-state index contributed by atoms with van der Waals surface area (Å²) in [7, 11) is 0. The summed E-state index contributed by atoms with van der Waals surface area (Å²) in [5.41, 5.74) is 1.80. The largest absolute Gasteiger partial charge is 0.354 e. The number of anilines is 1. The zero-order chi connectivity index (χ0) is 18.3. The highest BCUT2D eigenvalue weighted by Gasteiger charge is 2.27. The molecular formula is C18H25N5O2S. The highest BCUT2D eigenvalue weighted by molar-refractivity contribution is 7.20. The minimum atomic E-state index is -0.00148. The van der Waals surface area contributed by atoms with Crippen LogP contribution >= 0.6 is 11.3 Å². The topological polar surface area (TPSA) is 79.6 Å². The van der Waals surface area contributed by atoms with E-state index in [9.17, 15) is 9.59 Å². The number of carbonyl (C=O) groups excluding carboxylic acids is 1. The maximum Gasteiger partial charge on any atom is 0.278 e. The lowest BCUT2D eigenvalue weighted by atomic mass is 9.96. The third-order valence-electron chi connectivity index (χ3n) is 5.24. The Morgan fingerprint density at radius 3 is 2.69 bits per heavy atom. The van der Waals surface area contributed by atoms with Gasteiger partial charge in [0.15, 0.2) is 0 Å². The molecule has 1 aliphatic carbocycles. The van der Waals surface area contributed by atoms with Gasteiger partial charge in [0.25, 0.3) is 5.56 Å². The molecule has 0 saturated carbocycles. The average Bonchev–Trinajstić information content (AvgIpc) is 3.06. The van der Waals surface area contributed by atoms with Gasteiger partial charge in [-0.05, 0) is 52.4 Å². The van der Waals surface area contributed by atoms with Crippen molar-refractivity contribution in [3.8, 4) is 0 Å². The number of nitrogens with zero attached hydrogens (tertiary/aromatic N) is 4. The molecule has 140 valence electrons. The Kier molecular flexibility index (Phi) is 4.69. The van der Waals surface area contributed by atoms with Crippen LogP contribution < -0.4 is 15.8 Å². The number of aryl methyl sites for hydroxylation is 1. The van der Waals surface area contributed by atoms with Crippen LogP contribution in [0.2, 0.25) is 0 Å². The van der Waals surface area contributed by atoms with Gasteiger partial charge in [-0.2, -0.15) is 4.52 Å². The Labute approximate surface area is 156 Å². The molecule has 1 fully saturated rings. The fourth-order valence-electron chi connectivity index (χ4n) is 3.83. The third kappa shape index (κ3) is 3.22. The molecule has 2 aromatic heterocycles. The summed E-state index contributed by atoms with van der Waals surface area (Å²) < 4.78 is 1.47. The van der Waals surface area contributed by atoms with E-state index in [2.05, 4.69) is 15.3 Å². The van der Waals surface area contributed by atoms with Gasteiger partial charge < -0.3 is 10.2 Å². The second-order valence-corrected chi connectivity index (χ2v) is 8.49. The van der Waals surface area contributed by atoms with Crippen molar-refractivity contribution in [3.05, 3.63) is 21.6 Å². The predicted octanol–water partition coefficient (Wildman–Crippen LogP) is 1.77. The highest BCUT2D eigenvalue weighted by Crippen LogP contribution is 2.28. The minimum Gasteiger partial charge on any atom is -0.354 e. The number of fused-ring (bicyclic) bond motifs is 2. The molecule has 0 spiro atoms. The standard InChI is InChI=1S/C18H25N5O2S/c1-11(2)19-15(24)12-7-9-22(10-8-12)18-21-23-16(25)13-5-3-4-6-14(13)20-17(23)26-18/h11-12H,3-10H2,1-2H3,(H,19,24). The van der Waals surface area contributed by atoms with E-state index in [-0.39, 0.29) is 23.4 Å². The van der Waals surface area contributed by atoms with Crippen LogP contribution in [0.5, 0.6) is 0 Å². The molecule has 1 N–H and O–H groups in total. The Morgan fingerprint density at radius 1 is 1.23 bits per heavy atom. The number of piperidine rings is 1. The molecule has 2 aromatic rings. The van der Waals surface area contributed by atoms with Crippen molar-refractivity contribution >= 4 is 27.3 Å². The smallest absolute Gasteiger partial charge is 0.278 e. The molecule has 2 aliphatic rings. The molecule has 0 aromatic carbocycles. The molecule has 0 radical (unpaired) electrons. The molecule has 0 bridgehead atoms. The molecule has 4 rings (SSSR count). The van der Waals surface area contributed by atoms with E-state index in [1.165, 1.54) is 15.9 Å². The maximum absolute atomic E-state index is 12.7. The monoisotopic (exact) mass is 375 g/mol. The number of carbonyl (C=O) groups is 1. The van der Waals surface area contributed by atoms with Gasteiger partial charge in [0.1, 0.15) is 0 Å². The summed E-state index contributed by atoms with van der Waals surface area (Å²) in [6.07, 6.45) is 5.49. The van der Waals surface area contributed by atoms with Crippen LogP contribution in [-0.4, -0.2) is 39.6 Å². The number of aromatic nitrogens is 3. The van der Waals surface area contributed by atoms with Gasteiger partial charge in [0, 0.05) is 30.6 Å². The molecule has 7 nitrogen and oxygen atoms in total. The second-order valence-electron chi connectivity index (χ2n) is 7.55. The van der Waals surface area contributed by atoms with E-state index in [0.29, 0.717) is 4.96 Å². The lowest BCUT2D eigenvalue weighted by Gasteiger charge is -2.31. The molecular weight excluding hydrogens is 350 g/mol. The second kappa shape index (κ2) is 6.98. The van der Waals surface area contributed by atoms with Crippen molar-refractivity contribution < 1.29 is 4.79 Å². The van der Waals surface area contributed by atoms with Crippen LogP contribution in [0.1, 0.15) is 50.8 Å². The van der Waals surface area contributed by atoms with Crippen LogP contribution in [0.25, 0.3) is 4.96 Å². The molecule has 26 heavy (non-hydrogen) atoms. The molecule has 0 atom stereocenters. The van der Waals surface area contributed by atoms with Gasteiger partial charge in [-0.1, -0.05) is 11.3 Å². The third-order valence-corrected chi connectivity index (χ3v) is 6.21. The number of amides is 1. The number of nitrogens with one attached hydrogen (secondary N) is 1. The number of hydrogen-bond acceptors (Lipinski definition) is 6. The van der Waals surface area contributed by atoms with Crippen molar-refractivity contribution in [2.75, 3.05) is 18.0 Å². The fourth-order valence-corrected chi connectivity index (χ4v) is 4.79. The van der Waals surface area contributed by atoms with Gasteiger partial charge in [-0.3, -0.25) is 9.59 Å². The Morgan fingerprint density at radius 2 is 1.96 bits per heavy atom. The van der Waals surface area contributed by atoms with Crippen LogP contribution in [-0.2, 0) is 17.6 Å². The van der Waals surface area contributed by atoms with Crippen LogP contribution in [0, 0.1) is 5.92 Å². The molecule has 1 aliphatic heterocycles. The van der Waals surface area contributed by atoms with E-state index in [1.807, 2.05) is 13.8 Å². The normalized spacial score (nSPS) is 18.3. The first-order chi connectivity index (χ1) is 12.5. The van der Waals surface area contributed by atoms with Crippen LogP contribution in [0.15, 0.2) is 4.79 Å². The average molecular weight is 375 g/mol. The van der Waals surface area contributed by atoms with E-state index in [4.69, 9.17) is 4.98 Å². The minimum absolute atomic E-state index is 0.00148. The van der Waals surface area contributed by atoms with Crippen molar-refractivity contribution in [1.82, 2.24) is 19.9 Å². The van der Waals surface area contributed by atoms with Gasteiger partial charge in [0.05, 0.1) is 5.69 Å². The highest BCUT2D eigenvalue weighted by atomic mass is 32.1. The molecule has 3 heterocycles. The Hall–Kier alpha value is -1.96. The van der Waals surface area contributed by atoms with Gasteiger partial charge in [0.2, 0.25) is 16.0 Å². The molecule has 8 heteroatoms. The zero-order valence-corrected chi connectivity index (χ0v) is 16.1. The maximum atomic E-state index is 12.7. The first-order valence-corrected chi connectivity index (χ1v) is 10.3. The van der Waals surface area contributed by atoms with E-state index in [0.717, 1.165) is 68.0 Å². The lowest BCUT2D eigenvalue weighted by molar-refractivity contribution is -0.126. The summed E-state index contributed by atoms with van der Waals surface area (Å²) in [4.78, 5) is 32.5. The van der Waals surface area contributed by atoms with Crippen molar-refractivity contribution in [2.24, 2.45) is 5.92 Å². The lowest BCUT2D eigenvalue weighted by Crippen LogP contribution is -2.42. The first kappa shape index (κ1) is 17.5. The summed E-state index contributed by atoms with van der Waals surface area (Å²) in [6, 6.07) is 0.175. The van der Waals surface area contributed by atoms with Gasteiger partial charge in [-0.25, -0.2) is 4.98 Å². The Balaban J connectivity index is 1.52. The van der Waals surface area contributed by atoms with E-state index < -0.39 is 0 Å². The quantitative estimate of drug-likeness (QED) is 0.884. The van der Waals surface area contributed by atoms with E-state index >= 15 is 0 Å². The molecule has 0 unspecified atom stereocenters. The Bertz CT molecular complexity index is 880.